The van der Waals surface area contributed by atoms with Gasteiger partial charge in [0.1, 0.15) is 0 Å². The molecule has 1 aliphatic rings. The predicted molar refractivity (Wildman–Crippen MR) is 86.2 cm³/mol. The van der Waals surface area contributed by atoms with Gasteiger partial charge in [-0.15, -0.1) is 0 Å². The summed E-state index contributed by atoms with van der Waals surface area (Å²) in [4.78, 5) is 11.3. The first-order chi connectivity index (χ1) is 10.2. The number of nitrogens with two attached hydrogens (primary N) is 1. The van der Waals surface area contributed by atoms with Gasteiger partial charge in [0.2, 0.25) is 5.91 Å². The smallest absolute Gasteiger partial charge is 0.248 e. The van der Waals surface area contributed by atoms with Crippen LogP contribution in [-0.4, -0.2) is 5.91 Å². The maximum Gasteiger partial charge on any atom is 0.248 e. The van der Waals surface area contributed by atoms with Gasteiger partial charge in [-0.05, 0) is 47.6 Å². The molecule has 0 atom stereocenters. The van der Waals surface area contributed by atoms with Crippen molar-refractivity contribution in [3.63, 3.8) is 0 Å². The maximum atomic E-state index is 11.3. The summed E-state index contributed by atoms with van der Waals surface area (Å²) in [6, 6.07) is 16.3. The Morgan fingerprint density at radius 1 is 0.905 bits per heavy atom. The minimum absolute atomic E-state index is 0.375. The quantitative estimate of drug-likeness (QED) is 0.883. The molecule has 1 aliphatic carbocycles. The molecule has 0 aliphatic heterocycles. The summed E-state index contributed by atoms with van der Waals surface area (Å²) in [5, 5.41) is 0. The van der Waals surface area contributed by atoms with E-state index in [-0.39, 0.29) is 5.91 Å². The SMILES string of the molecule is NC(=O)c1cccc(-c2cccc(C3CCCCC3)c2)c1. The molecule has 3 rings (SSSR count). The number of carbonyl (C=O) groups is 1. The van der Waals surface area contributed by atoms with Gasteiger partial charge in [0, 0.05) is 5.56 Å². The Morgan fingerprint density at radius 2 is 1.57 bits per heavy atom. The van der Waals surface area contributed by atoms with E-state index >= 15 is 0 Å². The first-order valence-electron chi connectivity index (χ1n) is 7.74. The summed E-state index contributed by atoms with van der Waals surface area (Å²) >= 11 is 0. The van der Waals surface area contributed by atoms with Crippen LogP contribution in [0.2, 0.25) is 0 Å². The van der Waals surface area contributed by atoms with Crippen molar-refractivity contribution in [3.05, 3.63) is 59.7 Å². The fourth-order valence-corrected chi connectivity index (χ4v) is 3.26. The third kappa shape index (κ3) is 3.15. The lowest BCUT2D eigenvalue weighted by molar-refractivity contribution is 0.100. The molecule has 2 heteroatoms. The zero-order valence-electron chi connectivity index (χ0n) is 12.2. The van der Waals surface area contributed by atoms with Crippen molar-refractivity contribution in [1.29, 1.82) is 0 Å². The molecule has 2 N–H and O–H groups in total. The normalized spacial score (nSPS) is 15.8. The molecule has 1 amide bonds. The van der Waals surface area contributed by atoms with Gasteiger partial charge in [0.15, 0.2) is 0 Å². The van der Waals surface area contributed by atoms with E-state index in [4.69, 9.17) is 5.73 Å². The van der Waals surface area contributed by atoms with Crippen LogP contribution in [0, 0.1) is 0 Å². The Kier molecular flexibility index (Phi) is 4.05. The van der Waals surface area contributed by atoms with Gasteiger partial charge in [-0.25, -0.2) is 0 Å². The molecule has 0 bridgehead atoms. The minimum atomic E-state index is -0.375. The molecule has 2 nitrogen and oxygen atoms in total. The predicted octanol–water partition coefficient (Wildman–Crippen LogP) is 4.50. The molecule has 2 aromatic carbocycles. The lowest BCUT2D eigenvalue weighted by Crippen LogP contribution is -2.10. The van der Waals surface area contributed by atoms with Gasteiger partial charge in [0.25, 0.3) is 0 Å². The molecule has 0 aromatic heterocycles. The van der Waals surface area contributed by atoms with Crippen LogP contribution in [0.4, 0.5) is 0 Å². The van der Waals surface area contributed by atoms with Crippen molar-refractivity contribution in [2.24, 2.45) is 5.73 Å². The van der Waals surface area contributed by atoms with E-state index in [1.54, 1.807) is 6.07 Å². The van der Waals surface area contributed by atoms with Crippen molar-refractivity contribution in [2.45, 2.75) is 38.0 Å². The maximum absolute atomic E-state index is 11.3. The molecule has 108 valence electrons. The van der Waals surface area contributed by atoms with E-state index in [0.717, 1.165) is 5.56 Å². The average molecular weight is 279 g/mol. The van der Waals surface area contributed by atoms with Crippen LogP contribution < -0.4 is 5.73 Å². The monoisotopic (exact) mass is 279 g/mol. The number of amides is 1. The van der Waals surface area contributed by atoms with E-state index in [9.17, 15) is 4.79 Å². The molecule has 0 unspecified atom stereocenters. The fourth-order valence-electron chi connectivity index (χ4n) is 3.26. The van der Waals surface area contributed by atoms with Crippen LogP contribution in [0.15, 0.2) is 48.5 Å². The number of hydrogen-bond donors (Lipinski definition) is 1. The largest absolute Gasteiger partial charge is 0.366 e. The zero-order valence-corrected chi connectivity index (χ0v) is 12.2. The van der Waals surface area contributed by atoms with E-state index in [1.807, 2.05) is 18.2 Å². The van der Waals surface area contributed by atoms with Crippen molar-refractivity contribution in [2.75, 3.05) is 0 Å². The Hall–Kier alpha value is -2.09. The lowest BCUT2D eigenvalue weighted by atomic mass is 9.83. The minimum Gasteiger partial charge on any atom is -0.366 e. The number of primary amides is 1. The van der Waals surface area contributed by atoms with E-state index in [2.05, 4.69) is 24.3 Å². The molecule has 0 spiro atoms. The van der Waals surface area contributed by atoms with Crippen molar-refractivity contribution in [1.82, 2.24) is 0 Å². The van der Waals surface area contributed by atoms with Gasteiger partial charge in [-0.1, -0.05) is 55.7 Å². The first-order valence-corrected chi connectivity index (χ1v) is 7.74. The topological polar surface area (TPSA) is 43.1 Å². The van der Waals surface area contributed by atoms with Gasteiger partial charge in [-0.2, -0.15) is 0 Å². The summed E-state index contributed by atoms with van der Waals surface area (Å²) in [5.74, 6) is 0.318. The highest BCUT2D eigenvalue weighted by molar-refractivity contribution is 5.94. The van der Waals surface area contributed by atoms with Crippen LogP contribution in [0.3, 0.4) is 0 Å². The Balaban J connectivity index is 1.92. The molecule has 1 saturated carbocycles. The standard InChI is InChI=1S/C19H21NO/c20-19(21)18-11-5-10-17(13-18)16-9-4-8-15(12-16)14-6-2-1-3-7-14/h4-5,8-14H,1-3,6-7H2,(H2,20,21). The number of benzene rings is 2. The van der Waals surface area contributed by atoms with Crippen LogP contribution in [-0.2, 0) is 0 Å². The average Bonchev–Trinajstić information content (AvgIpc) is 2.56. The van der Waals surface area contributed by atoms with E-state index in [0.29, 0.717) is 11.5 Å². The molecule has 0 radical (unpaired) electrons. The van der Waals surface area contributed by atoms with Crippen LogP contribution >= 0.6 is 0 Å². The van der Waals surface area contributed by atoms with Gasteiger partial charge in [0.05, 0.1) is 0 Å². The zero-order chi connectivity index (χ0) is 14.7. The number of carbonyl (C=O) groups excluding carboxylic acids is 1. The molecule has 0 saturated heterocycles. The van der Waals surface area contributed by atoms with Crippen molar-refractivity contribution < 1.29 is 4.79 Å². The number of rotatable bonds is 3. The third-order valence-electron chi connectivity index (χ3n) is 4.44. The number of hydrogen-bond acceptors (Lipinski definition) is 1. The summed E-state index contributed by atoms with van der Waals surface area (Å²) in [7, 11) is 0. The second kappa shape index (κ2) is 6.13. The van der Waals surface area contributed by atoms with Crippen LogP contribution in [0.25, 0.3) is 11.1 Å². The van der Waals surface area contributed by atoms with Gasteiger partial charge in [-0.3, -0.25) is 4.79 Å². The second-order valence-corrected chi connectivity index (χ2v) is 5.91. The highest BCUT2D eigenvalue weighted by atomic mass is 16.1. The molecule has 0 heterocycles. The van der Waals surface area contributed by atoms with Gasteiger partial charge >= 0.3 is 0 Å². The first kappa shape index (κ1) is 13.9. The summed E-state index contributed by atoms with van der Waals surface area (Å²) in [6.45, 7) is 0. The third-order valence-corrected chi connectivity index (χ3v) is 4.44. The summed E-state index contributed by atoms with van der Waals surface area (Å²) in [6.07, 6.45) is 6.64. The van der Waals surface area contributed by atoms with E-state index in [1.165, 1.54) is 43.2 Å². The van der Waals surface area contributed by atoms with Crippen molar-refractivity contribution >= 4 is 5.91 Å². The van der Waals surface area contributed by atoms with Crippen LogP contribution in [0.5, 0.6) is 0 Å². The highest BCUT2D eigenvalue weighted by Gasteiger charge is 2.15. The molecular formula is C19H21NO. The molecule has 1 fully saturated rings. The summed E-state index contributed by atoms with van der Waals surface area (Å²) in [5.41, 5.74) is 9.59. The molecule has 21 heavy (non-hydrogen) atoms. The Bertz CT molecular complexity index is 642. The summed E-state index contributed by atoms with van der Waals surface area (Å²) < 4.78 is 0. The van der Waals surface area contributed by atoms with Crippen LogP contribution in [0.1, 0.15) is 53.9 Å². The fraction of sp³-hybridized carbons (Fsp3) is 0.316. The Labute approximate surface area is 126 Å². The molecule has 2 aromatic rings. The van der Waals surface area contributed by atoms with Gasteiger partial charge < -0.3 is 5.73 Å². The second-order valence-electron chi connectivity index (χ2n) is 5.91. The lowest BCUT2D eigenvalue weighted by Gasteiger charge is -2.22. The highest BCUT2D eigenvalue weighted by Crippen LogP contribution is 2.34. The molecular weight excluding hydrogens is 258 g/mol. The van der Waals surface area contributed by atoms with E-state index < -0.39 is 0 Å². The Morgan fingerprint density at radius 3 is 2.29 bits per heavy atom. The van der Waals surface area contributed by atoms with Crippen molar-refractivity contribution in [3.8, 4) is 11.1 Å².